The lowest BCUT2D eigenvalue weighted by Gasteiger charge is -2.17. The molecule has 0 aliphatic heterocycles. The van der Waals surface area contributed by atoms with Crippen molar-refractivity contribution in [2.45, 2.75) is 33.0 Å². The normalized spacial score (nSPS) is 11.8. The van der Waals surface area contributed by atoms with Gasteiger partial charge in [-0.3, -0.25) is 0 Å². The summed E-state index contributed by atoms with van der Waals surface area (Å²) in [6, 6.07) is 11.7. The first-order valence-corrected chi connectivity index (χ1v) is 8.32. The number of esters is 1. The summed E-state index contributed by atoms with van der Waals surface area (Å²) >= 11 is 0. The molecule has 3 rings (SSSR count). The molecule has 0 spiro atoms. The first-order chi connectivity index (χ1) is 12.4. The Morgan fingerprint density at radius 3 is 2.73 bits per heavy atom. The Labute approximate surface area is 152 Å². The number of rotatable bonds is 5. The fraction of sp³-hybridized carbons (Fsp3) is 0.250. The van der Waals surface area contributed by atoms with Gasteiger partial charge in [0, 0.05) is 12.3 Å². The fourth-order valence-electron chi connectivity index (χ4n) is 2.35. The topological polar surface area (TPSA) is 65.7 Å². The molecule has 134 valence electrons. The smallest absolute Gasteiger partial charge is 0.331 e. The molecule has 0 aliphatic carbocycles. The maximum absolute atomic E-state index is 11.9. The van der Waals surface area contributed by atoms with Crippen LogP contribution in [0, 0.1) is 0 Å². The number of hydrogen-bond acceptors (Lipinski definition) is 5. The van der Waals surface area contributed by atoms with Crippen LogP contribution in [0.15, 0.2) is 55.0 Å². The van der Waals surface area contributed by atoms with Crippen LogP contribution in [0.3, 0.4) is 0 Å². The van der Waals surface area contributed by atoms with Crippen LogP contribution >= 0.6 is 0 Å². The quantitative estimate of drug-likeness (QED) is 0.518. The number of carbonyl (C=O) groups is 1. The number of benzene rings is 1. The summed E-state index contributed by atoms with van der Waals surface area (Å²) in [5.74, 6) is 0.195. The van der Waals surface area contributed by atoms with Crippen LogP contribution in [-0.4, -0.2) is 26.2 Å². The van der Waals surface area contributed by atoms with Gasteiger partial charge in [0.25, 0.3) is 0 Å². The second-order valence-corrected chi connectivity index (χ2v) is 6.81. The summed E-state index contributed by atoms with van der Waals surface area (Å²) < 4.78 is 12.8. The van der Waals surface area contributed by atoms with Crippen LogP contribution in [0.5, 0.6) is 5.75 Å². The molecular weight excluding hydrogens is 330 g/mol. The molecule has 0 saturated heterocycles. The van der Waals surface area contributed by atoms with Gasteiger partial charge in [0.05, 0.1) is 0 Å². The van der Waals surface area contributed by atoms with Crippen molar-refractivity contribution in [1.82, 2.24) is 14.6 Å². The number of hydrogen-bond donors (Lipinski definition) is 0. The van der Waals surface area contributed by atoms with Gasteiger partial charge in [0.2, 0.25) is 0 Å². The Morgan fingerprint density at radius 2 is 2.00 bits per heavy atom. The van der Waals surface area contributed by atoms with Crippen LogP contribution in [0.1, 0.15) is 31.9 Å². The average molecular weight is 351 g/mol. The molecule has 0 unspecified atom stereocenters. The van der Waals surface area contributed by atoms with Gasteiger partial charge in [0.1, 0.15) is 18.5 Å². The summed E-state index contributed by atoms with van der Waals surface area (Å²) in [4.78, 5) is 16.1. The van der Waals surface area contributed by atoms with Crippen LogP contribution < -0.4 is 4.74 Å². The lowest BCUT2D eigenvalue weighted by Crippen LogP contribution is -2.22. The highest BCUT2D eigenvalue weighted by Crippen LogP contribution is 2.22. The van der Waals surface area contributed by atoms with Crippen molar-refractivity contribution < 1.29 is 14.3 Å². The molecule has 2 heterocycles. The van der Waals surface area contributed by atoms with E-state index in [9.17, 15) is 4.79 Å². The van der Waals surface area contributed by atoms with Gasteiger partial charge in [-0.05, 0) is 44.0 Å². The molecular formula is C20H21N3O3. The molecule has 2 aromatic heterocycles. The first-order valence-electron chi connectivity index (χ1n) is 8.32. The predicted octanol–water partition coefficient (Wildman–Crippen LogP) is 3.66. The van der Waals surface area contributed by atoms with E-state index in [2.05, 4.69) is 10.1 Å². The Hall–Kier alpha value is -3.15. The van der Waals surface area contributed by atoms with Crippen LogP contribution in [0.2, 0.25) is 0 Å². The van der Waals surface area contributed by atoms with E-state index in [4.69, 9.17) is 9.47 Å². The number of nitrogens with zero attached hydrogens (tertiary/aromatic N) is 3. The van der Waals surface area contributed by atoms with Crippen LogP contribution in [0.4, 0.5) is 0 Å². The molecule has 0 amide bonds. The number of aromatic nitrogens is 3. The van der Waals surface area contributed by atoms with Gasteiger partial charge in [-0.25, -0.2) is 14.3 Å². The Balaban J connectivity index is 1.80. The standard InChI is InChI=1S/C20H21N3O3/c1-20(2,3)26-18(24)10-9-16-11-17(19-21-14-22-23(19)12-16)25-13-15-7-5-4-6-8-15/h4-12,14H,13H2,1-3H3/b10-9+. The minimum absolute atomic E-state index is 0.400. The van der Waals surface area contributed by atoms with Crippen LogP contribution in [0.25, 0.3) is 11.7 Å². The van der Waals surface area contributed by atoms with E-state index in [1.165, 1.54) is 12.4 Å². The minimum atomic E-state index is -0.527. The van der Waals surface area contributed by atoms with E-state index < -0.39 is 11.6 Å². The second-order valence-electron chi connectivity index (χ2n) is 6.81. The van der Waals surface area contributed by atoms with Crippen molar-refractivity contribution in [3.05, 3.63) is 66.1 Å². The van der Waals surface area contributed by atoms with Crippen molar-refractivity contribution in [2.24, 2.45) is 0 Å². The molecule has 6 nitrogen and oxygen atoms in total. The summed E-state index contributed by atoms with van der Waals surface area (Å²) in [6.45, 7) is 5.91. The minimum Gasteiger partial charge on any atom is -0.485 e. The maximum atomic E-state index is 11.9. The third-order valence-corrected chi connectivity index (χ3v) is 3.42. The van der Waals surface area contributed by atoms with Gasteiger partial charge in [-0.1, -0.05) is 30.3 Å². The maximum Gasteiger partial charge on any atom is 0.331 e. The Bertz CT molecular complexity index is 924. The molecule has 0 saturated carbocycles. The van der Waals surface area contributed by atoms with E-state index in [0.29, 0.717) is 18.0 Å². The number of ether oxygens (including phenoxy) is 2. The van der Waals surface area contributed by atoms with E-state index in [-0.39, 0.29) is 0 Å². The molecule has 26 heavy (non-hydrogen) atoms. The Morgan fingerprint density at radius 1 is 1.23 bits per heavy atom. The fourth-order valence-corrected chi connectivity index (χ4v) is 2.35. The highest BCUT2D eigenvalue weighted by Gasteiger charge is 2.14. The van der Waals surface area contributed by atoms with Crippen molar-refractivity contribution in [2.75, 3.05) is 0 Å². The first kappa shape index (κ1) is 17.7. The molecule has 1 aromatic carbocycles. The molecule has 6 heteroatoms. The Kier molecular flexibility index (Phi) is 5.02. The molecule has 0 N–H and O–H groups in total. The van der Waals surface area contributed by atoms with Crippen molar-refractivity contribution >= 4 is 17.7 Å². The zero-order valence-electron chi connectivity index (χ0n) is 15.0. The monoisotopic (exact) mass is 351 g/mol. The molecule has 0 bridgehead atoms. The van der Waals surface area contributed by atoms with Crippen LogP contribution in [-0.2, 0) is 16.1 Å². The van der Waals surface area contributed by atoms with Gasteiger partial charge < -0.3 is 9.47 Å². The summed E-state index contributed by atoms with van der Waals surface area (Å²) in [6.07, 6.45) is 6.31. The molecule has 0 atom stereocenters. The highest BCUT2D eigenvalue weighted by atomic mass is 16.6. The second kappa shape index (κ2) is 7.39. The molecule has 0 fully saturated rings. The molecule has 0 radical (unpaired) electrons. The number of fused-ring (bicyclic) bond motifs is 1. The van der Waals surface area contributed by atoms with E-state index in [1.807, 2.05) is 57.2 Å². The zero-order chi connectivity index (χ0) is 18.6. The summed E-state index contributed by atoms with van der Waals surface area (Å²) in [7, 11) is 0. The average Bonchev–Trinajstić information content (AvgIpc) is 3.06. The van der Waals surface area contributed by atoms with E-state index >= 15 is 0 Å². The molecule has 0 aliphatic rings. The number of pyridine rings is 1. The van der Waals surface area contributed by atoms with Gasteiger partial charge in [-0.2, -0.15) is 5.10 Å². The van der Waals surface area contributed by atoms with E-state index in [0.717, 1.165) is 11.1 Å². The third-order valence-electron chi connectivity index (χ3n) is 3.42. The highest BCUT2D eigenvalue weighted by molar-refractivity contribution is 5.87. The van der Waals surface area contributed by atoms with Gasteiger partial charge in [-0.15, -0.1) is 0 Å². The van der Waals surface area contributed by atoms with Crippen molar-refractivity contribution in [1.29, 1.82) is 0 Å². The lowest BCUT2D eigenvalue weighted by molar-refractivity contribution is -0.148. The molecule has 3 aromatic rings. The van der Waals surface area contributed by atoms with E-state index in [1.54, 1.807) is 16.8 Å². The summed E-state index contributed by atoms with van der Waals surface area (Å²) in [5.41, 5.74) is 1.91. The third kappa shape index (κ3) is 4.69. The number of carbonyl (C=O) groups excluding carboxylic acids is 1. The largest absolute Gasteiger partial charge is 0.485 e. The SMILES string of the molecule is CC(C)(C)OC(=O)/C=C/c1cc(OCc2ccccc2)c2ncnn2c1. The lowest BCUT2D eigenvalue weighted by atomic mass is 10.2. The van der Waals surface area contributed by atoms with Gasteiger partial charge in [0.15, 0.2) is 11.4 Å². The van der Waals surface area contributed by atoms with Crippen molar-refractivity contribution in [3.8, 4) is 5.75 Å². The van der Waals surface area contributed by atoms with Gasteiger partial charge >= 0.3 is 5.97 Å². The van der Waals surface area contributed by atoms with Crippen molar-refractivity contribution in [3.63, 3.8) is 0 Å². The zero-order valence-corrected chi connectivity index (χ0v) is 15.0. The summed E-state index contributed by atoms with van der Waals surface area (Å²) in [5, 5.41) is 4.16. The predicted molar refractivity (Wildman–Crippen MR) is 98.6 cm³/mol.